The number of aromatic nitrogens is 1. The topological polar surface area (TPSA) is 56.0 Å². The SMILES string of the molecule is O=[N+]([O-])c1cccc(/C=C/c2nc(C3CC3)cs2)c1. The lowest BCUT2D eigenvalue weighted by Gasteiger charge is -1.93. The van der Waals surface area contributed by atoms with Gasteiger partial charge in [-0.15, -0.1) is 11.3 Å². The molecule has 96 valence electrons. The second kappa shape index (κ2) is 4.93. The molecule has 0 spiro atoms. The summed E-state index contributed by atoms with van der Waals surface area (Å²) >= 11 is 1.62. The van der Waals surface area contributed by atoms with E-state index in [1.54, 1.807) is 23.5 Å². The molecule has 1 aromatic carbocycles. The van der Waals surface area contributed by atoms with Crippen molar-refractivity contribution in [1.82, 2.24) is 4.98 Å². The normalized spacial score (nSPS) is 14.9. The molecule has 1 fully saturated rings. The molecule has 1 aromatic heterocycles. The number of non-ortho nitro benzene ring substituents is 1. The van der Waals surface area contributed by atoms with Crippen molar-refractivity contribution in [3.63, 3.8) is 0 Å². The van der Waals surface area contributed by atoms with Crippen molar-refractivity contribution in [1.29, 1.82) is 0 Å². The first kappa shape index (κ1) is 12.0. The van der Waals surface area contributed by atoms with Crippen LogP contribution in [0, 0.1) is 10.1 Å². The molecule has 0 saturated heterocycles. The third kappa shape index (κ3) is 2.88. The standard InChI is InChI=1S/C14H12N2O2S/c17-16(18)12-3-1-2-10(8-12)4-7-14-15-13(9-19-14)11-5-6-11/h1-4,7-9,11H,5-6H2/b7-4+. The van der Waals surface area contributed by atoms with E-state index in [0.717, 1.165) is 10.6 Å². The lowest BCUT2D eigenvalue weighted by Crippen LogP contribution is -1.87. The molecule has 1 heterocycles. The maximum absolute atomic E-state index is 10.7. The zero-order valence-electron chi connectivity index (χ0n) is 10.2. The Labute approximate surface area is 114 Å². The molecule has 1 aliphatic rings. The summed E-state index contributed by atoms with van der Waals surface area (Å²) < 4.78 is 0. The molecule has 0 atom stereocenters. The molecule has 0 radical (unpaired) electrons. The number of thiazole rings is 1. The molecule has 0 bridgehead atoms. The number of nitrogens with zero attached hydrogens (tertiary/aromatic N) is 2. The predicted molar refractivity (Wildman–Crippen MR) is 76.1 cm³/mol. The van der Waals surface area contributed by atoms with Crippen molar-refractivity contribution >= 4 is 29.2 Å². The number of benzene rings is 1. The van der Waals surface area contributed by atoms with E-state index in [1.165, 1.54) is 24.6 Å². The Morgan fingerprint density at radius 1 is 1.37 bits per heavy atom. The van der Waals surface area contributed by atoms with E-state index < -0.39 is 0 Å². The molecular formula is C14H12N2O2S. The van der Waals surface area contributed by atoms with E-state index >= 15 is 0 Å². The van der Waals surface area contributed by atoms with Gasteiger partial charge in [0, 0.05) is 23.4 Å². The fourth-order valence-electron chi connectivity index (χ4n) is 1.85. The smallest absolute Gasteiger partial charge is 0.258 e. The minimum absolute atomic E-state index is 0.111. The van der Waals surface area contributed by atoms with Gasteiger partial charge in [-0.1, -0.05) is 18.2 Å². The lowest BCUT2D eigenvalue weighted by atomic mass is 10.2. The van der Waals surface area contributed by atoms with Crippen LogP contribution >= 0.6 is 11.3 Å². The first-order valence-corrected chi connectivity index (χ1v) is 6.98. The molecule has 1 saturated carbocycles. The number of nitro groups is 1. The fourth-order valence-corrected chi connectivity index (χ4v) is 2.64. The van der Waals surface area contributed by atoms with Crippen LogP contribution in [0.5, 0.6) is 0 Å². The minimum atomic E-state index is -0.383. The Kier molecular flexibility index (Phi) is 3.13. The molecule has 2 aromatic rings. The lowest BCUT2D eigenvalue weighted by molar-refractivity contribution is -0.384. The van der Waals surface area contributed by atoms with E-state index in [1.807, 2.05) is 18.2 Å². The number of hydrogen-bond acceptors (Lipinski definition) is 4. The van der Waals surface area contributed by atoms with Crippen LogP contribution in [-0.2, 0) is 0 Å². The second-order valence-corrected chi connectivity index (χ2v) is 5.46. The highest BCUT2D eigenvalue weighted by Crippen LogP contribution is 2.40. The molecule has 0 amide bonds. The summed E-state index contributed by atoms with van der Waals surface area (Å²) in [6, 6.07) is 6.59. The van der Waals surface area contributed by atoms with Crippen molar-refractivity contribution in [3.8, 4) is 0 Å². The Morgan fingerprint density at radius 3 is 2.95 bits per heavy atom. The average molecular weight is 272 g/mol. The molecule has 1 aliphatic carbocycles. The Hall–Kier alpha value is -2.01. The van der Waals surface area contributed by atoms with Gasteiger partial charge in [0.15, 0.2) is 0 Å². The van der Waals surface area contributed by atoms with Crippen LogP contribution in [-0.4, -0.2) is 9.91 Å². The minimum Gasteiger partial charge on any atom is -0.258 e. The number of hydrogen-bond donors (Lipinski definition) is 0. The molecule has 0 unspecified atom stereocenters. The van der Waals surface area contributed by atoms with Crippen LogP contribution in [0.25, 0.3) is 12.2 Å². The zero-order chi connectivity index (χ0) is 13.2. The van der Waals surface area contributed by atoms with Crippen molar-refractivity contribution in [2.24, 2.45) is 0 Å². The van der Waals surface area contributed by atoms with Gasteiger partial charge in [-0.25, -0.2) is 4.98 Å². The van der Waals surface area contributed by atoms with E-state index in [9.17, 15) is 10.1 Å². The number of rotatable bonds is 4. The first-order valence-electron chi connectivity index (χ1n) is 6.10. The Bertz CT molecular complexity index is 644. The van der Waals surface area contributed by atoms with Crippen molar-refractivity contribution in [2.75, 3.05) is 0 Å². The monoisotopic (exact) mass is 272 g/mol. The van der Waals surface area contributed by atoms with Crippen LogP contribution in [0.2, 0.25) is 0 Å². The predicted octanol–water partition coefficient (Wildman–Crippen LogP) is 4.10. The summed E-state index contributed by atoms with van der Waals surface area (Å²) in [6.07, 6.45) is 6.27. The summed E-state index contributed by atoms with van der Waals surface area (Å²) in [4.78, 5) is 14.8. The largest absolute Gasteiger partial charge is 0.270 e. The van der Waals surface area contributed by atoms with E-state index in [-0.39, 0.29) is 10.6 Å². The van der Waals surface area contributed by atoms with Gasteiger partial charge in [-0.2, -0.15) is 0 Å². The molecular weight excluding hydrogens is 260 g/mol. The van der Waals surface area contributed by atoms with Crippen LogP contribution in [0.4, 0.5) is 5.69 Å². The van der Waals surface area contributed by atoms with Gasteiger partial charge in [-0.3, -0.25) is 10.1 Å². The zero-order valence-corrected chi connectivity index (χ0v) is 11.0. The second-order valence-electron chi connectivity index (χ2n) is 4.57. The van der Waals surface area contributed by atoms with Gasteiger partial charge in [0.1, 0.15) is 5.01 Å². The summed E-state index contributed by atoms with van der Waals surface area (Å²) in [5.41, 5.74) is 2.11. The highest BCUT2D eigenvalue weighted by atomic mass is 32.1. The average Bonchev–Trinajstić information content (AvgIpc) is 3.16. The van der Waals surface area contributed by atoms with Crippen molar-refractivity contribution in [2.45, 2.75) is 18.8 Å². The van der Waals surface area contributed by atoms with Crippen molar-refractivity contribution in [3.05, 3.63) is 56.0 Å². The van der Waals surface area contributed by atoms with Gasteiger partial charge in [0.05, 0.1) is 10.6 Å². The van der Waals surface area contributed by atoms with Crippen LogP contribution in [0.15, 0.2) is 29.6 Å². The maximum Gasteiger partial charge on any atom is 0.270 e. The molecule has 4 nitrogen and oxygen atoms in total. The quantitative estimate of drug-likeness (QED) is 0.622. The fraction of sp³-hybridized carbons (Fsp3) is 0.214. The highest BCUT2D eigenvalue weighted by molar-refractivity contribution is 7.10. The maximum atomic E-state index is 10.7. The Morgan fingerprint density at radius 2 is 2.21 bits per heavy atom. The van der Waals surface area contributed by atoms with E-state index in [4.69, 9.17) is 0 Å². The summed E-state index contributed by atoms with van der Waals surface area (Å²) in [7, 11) is 0. The number of nitro benzene ring substituents is 1. The highest BCUT2D eigenvalue weighted by Gasteiger charge is 2.25. The van der Waals surface area contributed by atoms with E-state index in [0.29, 0.717) is 5.92 Å². The third-order valence-corrected chi connectivity index (χ3v) is 3.86. The molecule has 0 aliphatic heterocycles. The summed E-state index contributed by atoms with van der Waals surface area (Å²) in [5, 5.41) is 13.7. The van der Waals surface area contributed by atoms with Gasteiger partial charge < -0.3 is 0 Å². The first-order chi connectivity index (χ1) is 9.22. The molecule has 5 heteroatoms. The van der Waals surface area contributed by atoms with Gasteiger partial charge in [0.25, 0.3) is 5.69 Å². The van der Waals surface area contributed by atoms with Gasteiger partial charge in [0.2, 0.25) is 0 Å². The van der Waals surface area contributed by atoms with Crippen LogP contribution < -0.4 is 0 Å². The Balaban J connectivity index is 1.77. The van der Waals surface area contributed by atoms with Crippen LogP contribution in [0.1, 0.15) is 35.0 Å². The molecule has 3 rings (SSSR count). The van der Waals surface area contributed by atoms with Crippen molar-refractivity contribution < 1.29 is 4.92 Å². The third-order valence-electron chi connectivity index (χ3n) is 3.03. The van der Waals surface area contributed by atoms with Gasteiger partial charge in [-0.05, 0) is 24.5 Å². The molecule has 19 heavy (non-hydrogen) atoms. The molecule has 0 N–H and O–H groups in total. The van der Waals surface area contributed by atoms with Gasteiger partial charge >= 0.3 is 0 Å². The van der Waals surface area contributed by atoms with E-state index in [2.05, 4.69) is 10.4 Å². The van der Waals surface area contributed by atoms with Crippen LogP contribution in [0.3, 0.4) is 0 Å². The summed E-state index contributed by atoms with van der Waals surface area (Å²) in [5.74, 6) is 0.663. The summed E-state index contributed by atoms with van der Waals surface area (Å²) in [6.45, 7) is 0.